The van der Waals surface area contributed by atoms with Crippen LogP contribution >= 0.6 is 0 Å². The number of urea groups is 1. The van der Waals surface area contributed by atoms with Crippen LogP contribution in [0.15, 0.2) is 72.8 Å². The predicted octanol–water partition coefficient (Wildman–Crippen LogP) is 3.92. The molecule has 3 aromatic carbocycles. The SMILES string of the molecule is COc1ccc(NC(=O)N(C)c2ccc(C(=O)NCCN3CCN(Cc4ccccc4)CC3)c(OC)c2)cc1. The smallest absolute Gasteiger partial charge is 0.326 e. The average Bonchev–Trinajstić information content (AvgIpc) is 2.98. The Hall–Kier alpha value is -4.08. The van der Waals surface area contributed by atoms with Crippen molar-refractivity contribution in [2.24, 2.45) is 0 Å². The Morgan fingerprint density at radius 2 is 1.56 bits per heavy atom. The molecule has 1 aliphatic heterocycles. The van der Waals surface area contributed by atoms with Crippen LogP contribution in [0.1, 0.15) is 15.9 Å². The molecule has 2 N–H and O–H groups in total. The summed E-state index contributed by atoms with van der Waals surface area (Å²) in [6.45, 7) is 6.29. The summed E-state index contributed by atoms with van der Waals surface area (Å²) in [6.07, 6.45) is 0. The number of rotatable bonds is 10. The number of ether oxygens (including phenoxy) is 2. The van der Waals surface area contributed by atoms with Gasteiger partial charge in [-0.3, -0.25) is 19.5 Å². The van der Waals surface area contributed by atoms with E-state index < -0.39 is 0 Å². The first-order valence-corrected chi connectivity index (χ1v) is 13.1. The molecular weight excluding hydrogens is 494 g/mol. The second kappa shape index (κ2) is 13.6. The molecule has 0 atom stereocenters. The Labute approximate surface area is 230 Å². The van der Waals surface area contributed by atoms with Crippen molar-refractivity contribution in [3.63, 3.8) is 0 Å². The number of benzene rings is 3. The highest BCUT2D eigenvalue weighted by molar-refractivity contribution is 6.02. The molecule has 1 saturated heterocycles. The number of amides is 3. The molecule has 1 aliphatic rings. The van der Waals surface area contributed by atoms with Gasteiger partial charge in [0.25, 0.3) is 5.91 Å². The second-order valence-corrected chi connectivity index (χ2v) is 9.46. The van der Waals surface area contributed by atoms with Crippen LogP contribution in [0.5, 0.6) is 11.5 Å². The molecule has 1 heterocycles. The lowest BCUT2D eigenvalue weighted by molar-refractivity contribution is 0.0931. The third-order valence-electron chi connectivity index (χ3n) is 6.89. The van der Waals surface area contributed by atoms with E-state index in [0.29, 0.717) is 35.0 Å². The monoisotopic (exact) mass is 531 g/mol. The number of piperazine rings is 1. The summed E-state index contributed by atoms with van der Waals surface area (Å²) in [5.41, 5.74) is 3.01. The Bertz CT molecular complexity index is 1230. The van der Waals surface area contributed by atoms with E-state index in [4.69, 9.17) is 9.47 Å². The largest absolute Gasteiger partial charge is 0.497 e. The first-order chi connectivity index (χ1) is 19.0. The maximum absolute atomic E-state index is 12.9. The molecule has 0 aliphatic carbocycles. The van der Waals surface area contributed by atoms with Crippen molar-refractivity contribution >= 4 is 23.3 Å². The van der Waals surface area contributed by atoms with Crippen molar-refractivity contribution < 1.29 is 19.1 Å². The number of carbonyl (C=O) groups is 2. The minimum absolute atomic E-state index is 0.202. The quantitative estimate of drug-likeness (QED) is 0.413. The normalized spacial score (nSPS) is 13.9. The first kappa shape index (κ1) is 27.9. The van der Waals surface area contributed by atoms with Gasteiger partial charge in [0.15, 0.2) is 0 Å². The highest BCUT2D eigenvalue weighted by Gasteiger charge is 2.19. The zero-order valence-electron chi connectivity index (χ0n) is 22.9. The minimum Gasteiger partial charge on any atom is -0.497 e. The fourth-order valence-electron chi connectivity index (χ4n) is 4.51. The van der Waals surface area contributed by atoms with Crippen LogP contribution in [0.3, 0.4) is 0 Å². The zero-order chi connectivity index (χ0) is 27.6. The molecule has 39 heavy (non-hydrogen) atoms. The standard InChI is InChI=1S/C30H37N5O4/c1-33(30(37)32-24-9-12-26(38-2)13-10-24)25-11-14-27(28(21-25)39-3)29(36)31-15-16-34-17-19-35(20-18-34)22-23-7-5-4-6-8-23/h4-14,21H,15-20,22H2,1-3H3,(H,31,36)(H,32,37). The molecule has 3 aromatic rings. The van der Waals surface area contributed by atoms with Crippen molar-refractivity contribution in [1.82, 2.24) is 15.1 Å². The molecule has 0 saturated carbocycles. The molecule has 0 radical (unpaired) electrons. The summed E-state index contributed by atoms with van der Waals surface area (Å²) in [7, 11) is 4.77. The van der Waals surface area contributed by atoms with Crippen LogP contribution in [-0.2, 0) is 6.54 Å². The van der Waals surface area contributed by atoms with Gasteiger partial charge in [-0.2, -0.15) is 0 Å². The molecule has 9 heteroatoms. The summed E-state index contributed by atoms with van der Waals surface area (Å²) in [5.74, 6) is 0.913. The number of nitrogens with one attached hydrogen (secondary N) is 2. The van der Waals surface area contributed by atoms with Crippen LogP contribution in [0.2, 0.25) is 0 Å². The number of anilines is 2. The molecule has 3 amide bonds. The molecule has 0 spiro atoms. The lowest BCUT2D eigenvalue weighted by atomic mass is 10.1. The molecule has 9 nitrogen and oxygen atoms in total. The third kappa shape index (κ3) is 7.72. The van der Waals surface area contributed by atoms with E-state index in [1.807, 2.05) is 6.07 Å². The number of carbonyl (C=O) groups excluding carboxylic acids is 2. The van der Waals surface area contributed by atoms with Crippen molar-refractivity contribution in [2.45, 2.75) is 6.54 Å². The lowest BCUT2D eigenvalue weighted by Crippen LogP contribution is -2.48. The molecular formula is C30H37N5O4. The third-order valence-corrected chi connectivity index (χ3v) is 6.89. The predicted molar refractivity (Wildman–Crippen MR) is 154 cm³/mol. The highest BCUT2D eigenvalue weighted by atomic mass is 16.5. The van der Waals surface area contributed by atoms with Crippen molar-refractivity contribution in [1.29, 1.82) is 0 Å². The van der Waals surface area contributed by atoms with Crippen molar-refractivity contribution in [3.8, 4) is 11.5 Å². The van der Waals surface area contributed by atoms with Crippen molar-refractivity contribution in [2.75, 3.05) is 70.8 Å². The number of hydrogen-bond donors (Lipinski definition) is 2. The summed E-state index contributed by atoms with van der Waals surface area (Å²) in [5, 5.41) is 5.85. The van der Waals surface area contributed by atoms with E-state index in [0.717, 1.165) is 39.3 Å². The summed E-state index contributed by atoms with van der Waals surface area (Å²) < 4.78 is 10.6. The molecule has 1 fully saturated rings. The maximum Gasteiger partial charge on any atom is 0.326 e. The van der Waals surface area contributed by atoms with Gasteiger partial charge in [-0.15, -0.1) is 0 Å². The maximum atomic E-state index is 12.9. The van der Waals surface area contributed by atoms with Gasteiger partial charge in [-0.1, -0.05) is 30.3 Å². The van der Waals surface area contributed by atoms with Crippen LogP contribution in [0.4, 0.5) is 16.2 Å². The Morgan fingerprint density at radius 3 is 2.23 bits per heavy atom. The second-order valence-electron chi connectivity index (χ2n) is 9.46. The first-order valence-electron chi connectivity index (χ1n) is 13.1. The number of nitrogens with zero attached hydrogens (tertiary/aromatic N) is 3. The molecule has 0 unspecified atom stereocenters. The molecule has 0 bridgehead atoms. The molecule has 0 aromatic heterocycles. The minimum atomic E-state index is -0.316. The number of hydrogen-bond acceptors (Lipinski definition) is 6. The fourth-order valence-corrected chi connectivity index (χ4v) is 4.51. The van der Waals surface area contributed by atoms with Gasteiger partial charge < -0.3 is 20.1 Å². The lowest BCUT2D eigenvalue weighted by Gasteiger charge is -2.34. The van der Waals surface area contributed by atoms with Gasteiger partial charge in [0.2, 0.25) is 0 Å². The highest BCUT2D eigenvalue weighted by Crippen LogP contribution is 2.26. The van der Waals surface area contributed by atoms with E-state index in [9.17, 15) is 9.59 Å². The van der Waals surface area contributed by atoms with Crippen LogP contribution in [-0.4, -0.2) is 82.3 Å². The van der Waals surface area contributed by atoms with E-state index >= 15 is 0 Å². The van der Waals surface area contributed by atoms with E-state index in [-0.39, 0.29) is 11.9 Å². The van der Waals surface area contributed by atoms with Crippen LogP contribution < -0.4 is 25.0 Å². The fraction of sp³-hybridized carbons (Fsp3) is 0.333. The molecule has 4 rings (SSSR count). The van der Waals surface area contributed by atoms with Gasteiger partial charge in [0.05, 0.1) is 19.8 Å². The van der Waals surface area contributed by atoms with E-state index in [1.54, 1.807) is 56.6 Å². The zero-order valence-corrected chi connectivity index (χ0v) is 22.9. The van der Waals surface area contributed by atoms with Gasteiger partial charge in [0.1, 0.15) is 11.5 Å². The van der Waals surface area contributed by atoms with E-state index in [1.165, 1.54) is 17.6 Å². The van der Waals surface area contributed by atoms with Gasteiger partial charge in [0, 0.05) is 70.3 Å². The van der Waals surface area contributed by atoms with Gasteiger partial charge in [-0.05, 0) is 42.0 Å². The van der Waals surface area contributed by atoms with Gasteiger partial charge >= 0.3 is 6.03 Å². The van der Waals surface area contributed by atoms with Gasteiger partial charge in [-0.25, -0.2) is 4.79 Å². The summed E-state index contributed by atoms with van der Waals surface area (Å²) in [4.78, 5) is 32.0. The Kier molecular flexibility index (Phi) is 9.77. The summed E-state index contributed by atoms with van der Waals surface area (Å²) in [6, 6.07) is 22.4. The van der Waals surface area contributed by atoms with Crippen molar-refractivity contribution in [3.05, 3.63) is 83.9 Å². The summed E-state index contributed by atoms with van der Waals surface area (Å²) >= 11 is 0. The number of methoxy groups -OCH3 is 2. The topological polar surface area (TPSA) is 86.4 Å². The van der Waals surface area contributed by atoms with E-state index in [2.05, 4.69) is 44.7 Å². The van der Waals surface area contributed by atoms with Crippen LogP contribution in [0, 0.1) is 0 Å². The van der Waals surface area contributed by atoms with Crippen LogP contribution in [0.25, 0.3) is 0 Å². The average molecular weight is 532 g/mol. The molecule has 206 valence electrons. The Morgan fingerprint density at radius 1 is 0.872 bits per heavy atom. The Balaban J connectivity index is 1.25.